The Bertz CT molecular complexity index is 599. The molecule has 2 N–H and O–H groups in total. The Morgan fingerprint density at radius 2 is 2.15 bits per heavy atom. The quantitative estimate of drug-likeness (QED) is 0.843. The standard InChI is InChI=1S/C15H17N3O2/c1-2-13-9-14(18-10-17-13)16-7-6-11-4-3-5-12(8-11)15(19)20/h3-5,8-10H,2,6-7H2,1H3,(H,19,20)(H,16,17,18). The first-order valence-corrected chi connectivity index (χ1v) is 6.56. The highest BCUT2D eigenvalue weighted by atomic mass is 16.4. The molecule has 5 nitrogen and oxygen atoms in total. The van der Waals surface area contributed by atoms with Gasteiger partial charge in [-0.05, 0) is 30.5 Å². The minimum atomic E-state index is -0.900. The van der Waals surface area contributed by atoms with E-state index in [9.17, 15) is 4.79 Å². The summed E-state index contributed by atoms with van der Waals surface area (Å²) in [6.07, 6.45) is 3.16. The molecule has 0 bridgehead atoms. The number of nitrogens with one attached hydrogen (secondary N) is 1. The van der Waals surface area contributed by atoms with Crippen molar-refractivity contribution in [1.29, 1.82) is 0 Å². The molecule has 0 saturated carbocycles. The zero-order valence-corrected chi connectivity index (χ0v) is 11.3. The van der Waals surface area contributed by atoms with Crippen molar-refractivity contribution >= 4 is 11.8 Å². The summed E-state index contributed by atoms with van der Waals surface area (Å²) in [5, 5.41) is 12.2. The highest BCUT2D eigenvalue weighted by molar-refractivity contribution is 5.87. The summed E-state index contributed by atoms with van der Waals surface area (Å²) in [7, 11) is 0. The molecule has 104 valence electrons. The summed E-state index contributed by atoms with van der Waals surface area (Å²) >= 11 is 0. The minimum Gasteiger partial charge on any atom is -0.478 e. The fourth-order valence-electron chi connectivity index (χ4n) is 1.88. The highest BCUT2D eigenvalue weighted by Gasteiger charge is 2.03. The fraction of sp³-hybridized carbons (Fsp3) is 0.267. The SMILES string of the molecule is CCc1cc(NCCc2cccc(C(=O)O)c2)ncn1. The molecule has 0 unspecified atom stereocenters. The molecule has 0 aliphatic carbocycles. The molecule has 0 fully saturated rings. The molecule has 0 saturated heterocycles. The summed E-state index contributed by atoms with van der Waals surface area (Å²) in [5.74, 6) is -0.102. The van der Waals surface area contributed by atoms with E-state index >= 15 is 0 Å². The normalized spacial score (nSPS) is 10.2. The van der Waals surface area contributed by atoms with E-state index < -0.39 is 5.97 Å². The third-order valence-electron chi connectivity index (χ3n) is 2.98. The van der Waals surface area contributed by atoms with Gasteiger partial charge in [0.2, 0.25) is 0 Å². The maximum Gasteiger partial charge on any atom is 0.335 e. The Morgan fingerprint density at radius 1 is 1.30 bits per heavy atom. The number of carbonyl (C=O) groups is 1. The molecule has 1 aromatic carbocycles. The molecule has 5 heteroatoms. The number of hydrogen-bond donors (Lipinski definition) is 2. The van der Waals surface area contributed by atoms with Crippen LogP contribution in [0.1, 0.15) is 28.5 Å². The average Bonchev–Trinajstić information content (AvgIpc) is 2.48. The second-order valence-corrected chi connectivity index (χ2v) is 4.43. The van der Waals surface area contributed by atoms with Crippen molar-refractivity contribution in [1.82, 2.24) is 9.97 Å². The molecule has 20 heavy (non-hydrogen) atoms. The maximum atomic E-state index is 10.9. The number of carboxylic acid groups (broad SMARTS) is 1. The van der Waals surface area contributed by atoms with E-state index in [0.717, 1.165) is 29.9 Å². The number of carboxylic acids is 1. The second-order valence-electron chi connectivity index (χ2n) is 4.43. The Balaban J connectivity index is 1.92. The monoisotopic (exact) mass is 271 g/mol. The van der Waals surface area contributed by atoms with Crippen molar-refractivity contribution in [3.63, 3.8) is 0 Å². The van der Waals surface area contributed by atoms with Crippen molar-refractivity contribution < 1.29 is 9.90 Å². The van der Waals surface area contributed by atoms with Gasteiger partial charge in [0.05, 0.1) is 5.56 Å². The van der Waals surface area contributed by atoms with Crippen LogP contribution in [0, 0.1) is 0 Å². The molecular weight excluding hydrogens is 254 g/mol. The van der Waals surface area contributed by atoms with Crippen LogP contribution in [0.2, 0.25) is 0 Å². The van der Waals surface area contributed by atoms with Crippen LogP contribution in [-0.4, -0.2) is 27.6 Å². The number of aromatic carboxylic acids is 1. The maximum absolute atomic E-state index is 10.9. The highest BCUT2D eigenvalue weighted by Crippen LogP contribution is 2.08. The summed E-state index contributed by atoms with van der Waals surface area (Å²) < 4.78 is 0. The van der Waals surface area contributed by atoms with Gasteiger partial charge in [-0.3, -0.25) is 0 Å². The van der Waals surface area contributed by atoms with Crippen LogP contribution in [0.5, 0.6) is 0 Å². The zero-order valence-electron chi connectivity index (χ0n) is 11.3. The molecular formula is C15H17N3O2. The molecule has 1 heterocycles. The van der Waals surface area contributed by atoms with Gasteiger partial charge in [0.1, 0.15) is 12.1 Å². The van der Waals surface area contributed by atoms with Crippen LogP contribution in [0.4, 0.5) is 5.82 Å². The smallest absolute Gasteiger partial charge is 0.335 e. The van der Waals surface area contributed by atoms with Crippen LogP contribution in [0.15, 0.2) is 36.7 Å². The van der Waals surface area contributed by atoms with Gasteiger partial charge >= 0.3 is 5.97 Å². The molecule has 0 spiro atoms. The summed E-state index contributed by atoms with van der Waals surface area (Å²) in [5.41, 5.74) is 2.30. The minimum absolute atomic E-state index is 0.317. The lowest BCUT2D eigenvalue weighted by atomic mass is 10.1. The fourth-order valence-corrected chi connectivity index (χ4v) is 1.88. The third kappa shape index (κ3) is 3.78. The van der Waals surface area contributed by atoms with Gasteiger partial charge in [-0.25, -0.2) is 14.8 Å². The topological polar surface area (TPSA) is 75.1 Å². The van der Waals surface area contributed by atoms with E-state index in [1.807, 2.05) is 19.1 Å². The molecule has 1 aromatic heterocycles. The van der Waals surface area contributed by atoms with E-state index in [2.05, 4.69) is 15.3 Å². The van der Waals surface area contributed by atoms with E-state index in [1.165, 1.54) is 0 Å². The Kier molecular flexibility index (Phi) is 4.65. The first-order valence-electron chi connectivity index (χ1n) is 6.56. The summed E-state index contributed by atoms with van der Waals surface area (Å²) in [6.45, 7) is 2.74. The molecule has 0 aliphatic heterocycles. The third-order valence-corrected chi connectivity index (χ3v) is 2.98. The van der Waals surface area contributed by atoms with Crippen molar-refractivity contribution in [3.8, 4) is 0 Å². The molecule has 0 amide bonds. The Hall–Kier alpha value is -2.43. The van der Waals surface area contributed by atoms with Crippen molar-refractivity contribution in [2.45, 2.75) is 19.8 Å². The van der Waals surface area contributed by atoms with Crippen LogP contribution >= 0.6 is 0 Å². The number of nitrogens with zero attached hydrogens (tertiary/aromatic N) is 2. The lowest BCUT2D eigenvalue weighted by Gasteiger charge is -2.07. The Morgan fingerprint density at radius 3 is 2.90 bits per heavy atom. The summed E-state index contributed by atoms with van der Waals surface area (Å²) in [4.78, 5) is 19.2. The number of rotatable bonds is 6. The number of hydrogen-bond acceptors (Lipinski definition) is 4. The first kappa shape index (κ1) is 14.0. The predicted octanol–water partition coefficient (Wildman–Crippen LogP) is 2.39. The zero-order chi connectivity index (χ0) is 14.4. The molecule has 0 radical (unpaired) electrons. The number of anilines is 1. The molecule has 0 aliphatic rings. The van der Waals surface area contributed by atoms with E-state index in [-0.39, 0.29) is 0 Å². The van der Waals surface area contributed by atoms with E-state index in [4.69, 9.17) is 5.11 Å². The summed E-state index contributed by atoms with van der Waals surface area (Å²) in [6, 6.07) is 8.90. The van der Waals surface area contributed by atoms with E-state index in [0.29, 0.717) is 12.1 Å². The number of aromatic nitrogens is 2. The van der Waals surface area contributed by atoms with Crippen LogP contribution in [0.3, 0.4) is 0 Å². The van der Waals surface area contributed by atoms with Gasteiger partial charge in [0.25, 0.3) is 0 Å². The van der Waals surface area contributed by atoms with Crippen LogP contribution in [-0.2, 0) is 12.8 Å². The lowest BCUT2D eigenvalue weighted by Crippen LogP contribution is -2.07. The van der Waals surface area contributed by atoms with Gasteiger partial charge in [0, 0.05) is 18.3 Å². The Labute approximate surface area is 117 Å². The largest absolute Gasteiger partial charge is 0.478 e. The van der Waals surface area contributed by atoms with Crippen molar-refractivity contribution in [2.24, 2.45) is 0 Å². The average molecular weight is 271 g/mol. The van der Waals surface area contributed by atoms with E-state index in [1.54, 1.807) is 24.5 Å². The van der Waals surface area contributed by atoms with Gasteiger partial charge in [-0.2, -0.15) is 0 Å². The molecule has 2 rings (SSSR count). The predicted molar refractivity (Wildman–Crippen MR) is 77.0 cm³/mol. The first-order chi connectivity index (χ1) is 9.69. The second kappa shape index (κ2) is 6.65. The van der Waals surface area contributed by atoms with Gasteiger partial charge < -0.3 is 10.4 Å². The van der Waals surface area contributed by atoms with Gasteiger partial charge in [0.15, 0.2) is 0 Å². The van der Waals surface area contributed by atoms with Crippen LogP contribution in [0.25, 0.3) is 0 Å². The number of aryl methyl sites for hydroxylation is 1. The van der Waals surface area contributed by atoms with Crippen molar-refractivity contribution in [3.05, 3.63) is 53.5 Å². The van der Waals surface area contributed by atoms with Crippen LogP contribution < -0.4 is 5.32 Å². The van der Waals surface area contributed by atoms with Gasteiger partial charge in [-0.1, -0.05) is 19.1 Å². The molecule has 0 atom stereocenters. The molecule has 2 aromatic rings. The number of benzene rings is 1. The van der Waals surface area contributed by atoms with Gasteiger partial charge in [-0.15, -0.1) is 0 Å². The van der Waals surface area contributed by atoms with Crippen molar-refractivity contribution in [2.75, 3.05) is 11.9 Å². The lowest BCUT2D eigenvalue weighted by molar-refractivity contribution is 0.0697.